The Morgan fingerprint density at radius 2 is 2.27 bits per heavy atom. The molecule has 1 unspecified atom stereocenters. The normalized spacial score (nSPS) is 13.4. The number of aliphatic hydroxyl groups excluding tert-OH is 1. The van der Waals surface area contributed by atoms with E-state index < -0.39 is 0 Å². The van der Waals surface area contributed by atoms with Crippen LogP contribution in [-0.4, -0.2) is 27.7 Å². The van der Waals surface area contributed by atoms with Crippen LogP contribution in [-0.2, 0) is 6.54 Å². The Morgan fingerprint density at radius 1 is 1.53 bits per heavy atom. The number of hydrogen-bond donors (Lipinski definition) is 3. The molecule has 0 aliphatic carbocycles. The van der Waals surface area contributed by atoms with Gasteiger partial charge in [0.15, 0.2) is 0 Å². The van der Waals surface area contributed by atoms with Crippen molar-refractivity contribution in [2.24, 2.45) is 5.92 Å². The molecule has 4 nitrogen and oxygen atoms in total. The van der Waals surface area contributed by atoms with E-state index >= 15 is 0 Å². The number of H-pyrrole nitrogens is 1. The fourth-order valence-electron chi connectivity index (χ4n) is 1.60. The van der Waals surface area contributed by atoms with E-state index in [1.54, 1.807) is 6.33 Å². The number of rotatable bonds is 6. The first-order valence-corrected chi connectivity index (χ1v) is 5.46. The predicted octanol–water partition coefficient (Wildman–Crippen LogP) is 1.21. The summed E-state index contributed by atoms with van der Waals surface area (Å²) in [6, 6.07) is 0.168. The van der Waals surface area contributed by atoms with Crippen molar-refractivity contribution in [2.75, 3.05) is 6.61 Å². The molecule has 1 heterocycles. The van der Waals surface area contributed by atoms with E-state index in [1.165, 1.54) is 0 Å². The molecule has 0 saturated carbocycles. The lowest BCUT2D eigenvalue weighted by Gasteiger charge is -2.17. The Morgan fingerprint density at radius 3 is 2.73 bits per heavy atom. The number of aromatic amines is 1. The Balaban J connectivity index is 2.37. The van der Waals surface area contributed by atoms with Crippen molar-refractivity contribution in [1.29, 1.82) is 0 Å². The molecule has 0 spiro atoms. The Kier molecular flexibility index (Phi) is 4.78. The molecule has 86 valence electrons. The van der Waals surface area contributed by atoms with Crippen molar-refractivity contribution in [3.63, 3.8) is 0 Å². The van der Waals surface area contributed by atoms with Crippen LogP contribution >= 0.6 is 0 Å². The van der Waals surface area contributed by atoms with Crippen molar-refractivity contribution in [3.8, 4) is 0 Å². The molecule has 1 rings (SSSR count). The fourth-order valence-corrected chi connectivity index (χ4v) is 1.60. The van der Waals surface area contributed by atoms with Gasteiger partial charge in [0.25, 0.3) is 0 Å². The highest BCUT2D eigenvalue weighted by Crippen LogP contribution is 2.06. The lowest BCUT2D eigenvalue weighted by Crippen LogP contribution is -2.33. The zero-order valence-corrected chi connectivity index (χ0v) is 9.75. The number of nitrogens with one attached hydrogen (secondary N) is 2. The molecule has 0 fully saturated rings. The summed E-state index contributed by atoms with van der Waals surface area (Å²) >= 11 is 0. The molecule has 1 aromatic heterocycles. The minimum absolute atomic E-state index is 0.168. The SMILES string of the molecule is Cc1[nH]cnc1CNC(CO)CC(C)C. The highest BCUT2D eigenvalue weighted by molar-refractivity contribution is 5.08. The molecule has 0 saturated heterocycles. The molecule has 1 aromatic rings. The number of aromatic nitrogens is 2. The Hall–Kier alpha value is -0.870. The topological polar surface area (TPSA) is 60.9 Å². The average Bonchev–Trinajstić information content (AvgIpc) is 2.58. The third-order valence-electron chi connectivity index (χ3n) is 2.47. The summed E-state index contributed by atoms with van der Waals surface area (Å²) < 4.78 is 0. The van der Waals surface area contributed by atoms with Crippen LogP contribution in [0, 0.1) is 12.8 Å². The first kappa shape index (κ1) is 12.2. The molecule has 3 N–H and O–H groups in total. The second-order valence-corrected chi connectivity index (χ2v) is 4.36. The van der Waals surface area contributed by atoms with Crippen LogP contribution in [0.1, 0.15) is 31.7 Å². The number of hydrogen-bond acceptors (Lipinski definition) is 3. The van der Waals surface area contributed by atoms with Crippen molar-refractivity contribution in [3.05, 3.63) is 17.7 Å². The predicted molar refractivity (Wildman–Crippen MR) is 60.5 cm³/mol. The van der Waals surface area contributed by atoms with E-state index in [2.05, 4.69) is 29.1 Å². The van der Waals surface area contributed by atoms with E-state index in [1.807, 2.05) is 6.92 Å². The van der Waals surface area contributed by atoms with Gasteiger partial charge in [-0.25, -0.2) is 4.98 Å². The van der Waals surface area contributed by atoms with Gasteiger partial charge in [-0.3, -0.25) is 0 Å². The molecule has 15 heavy (non-hydrogen) atoms. The minimum atomic E-state index is 0.168. The Labute approximate surface area is 91.1 Å². The lowest BCUT2D eigenvalue weighted by atomic mass is 10.0. The van der Waals surface area contributed by atoms with Crippen molar-refractivity contribution < 1.29 is 5.11 Å². The molecular formula is C11H21N3O. The van der Waals surface area contributed by atoms with Gasteiger partial charge in [-0.05, 0) is 19.3 Å². The van der Waals surface area contributed by atoms with Crippen LogP contribution in [0.2, 0.25) is 0 Å². The summed E-state index contributed by atoms with van der Waals surface area (Å²) in [4.78, 5) is 7.24. The van der Waals surface area contributed by atoms with E-state index in [-0.39, 0.29) is 12.6 Å². The maximum atomic E-state index is 9.18. The molecular weight excluding hydrogens is 190 g/mol. The van der Waals surface area contributed by atoms with E-state index in [9.17, 15) is 5.11 Å². The summed E-state index contributed by atoms with van der Waals surface area (Å²) in [6.45, 7) is 7.21. The monoisotopic (exact) mass is 211 g/mol. The third-order valence-corrected chi connectivity index (χ3v) is 2.47. The smallest absolute Gasteiger partial charge is 0.0925 e. The second-order valence-electron chi connectivity index (χ2n) is 4.36. The fraction of sp³-hybridized carbons (Fsp3) is 0.727. The zero-order valence-electron chi connectivity index (χ0n) is 9.75. The summed E-state index contributed by atoms with van der Waals surface area (Å²) in [5, 5.41) is 12.5. The first-order valence-electron chi connectivity index (χ1n) is 5.46. The van der Waals surface area contributed by atoms with Gasteiger partial charge < -0.3 is 15.4 Å². The summed E-state index contributed by atoms with van der Waals surface area (Å²) in [7, 11) is 0. The quantitative estimate of drug-likeness (QED) is 0.663. The van der Waals surface area contributed by atoms with Crippen LogP contribution in [0.25, 0.3) is 0 Å². The zero-order chi connectivity index (χ0) is 11.3. The van der Waals surface area contributed by atoms with Gasteiger partial charge in [0, 0.05) is 18.3 Å². The summed E-state index contributed by atoms with van der Waals surface area (Å²) in [6.07, 6.45) is 2.68. The van der Waals surface area contributed by atoms with Gasteiger partial charge in [0.1, 0.15) is 0 Å². The van der Waals surface area contributed by atoms with E-state index in [0.29, 0.717) is 12.5 Å². The molecule has 0 amide bonds. The van der Waals surface area contributed by atoms with Crippen LogP contribution in [0.5, 0.6) is 0 Å². The molecule has 0 aromatic carbocycles. The summed E-state index contributed by atoms with van der Waals surface area (Å²) in [5.74, 6) is 0.593. The third kappa shape index (κ3) is 4.01. The standard InChI is InChI=1S/C11H21N3O/c1-8(2)4-10(6-15)12-5-11-9(3)13-7-14-11/h7-8,10,12,15H,4-6H2,1-3H3,(H,13,14). The van der Waals surface area contributed by atoms with Crippen molar-refractivity contribution in [2.45, 2.75) is 39.8 Å². The molecule has 0 aliphatic heterocycles. The number of nitrogens with zero attached hydrogens (tertiary/aromatic N) is 1. The highest BCUT2D eigenvalue weighted by atomic mass is 16.3. The van der Waals surface area contributed by atoms with Crippen LogP contribution in [0.4, 0.5) is 0 Å². The number of aryl methyl sites for hydroxylation is 1. The van der Waals surface area contributed by atoms with Crippen molar-refractivity contribution in [1.82, 2.24) is 15.3 Å². The van der Waals surface area contributed by atoms with Crippen LogP contribution in [0.3, 0.4) is 0 Å². The van der Waals surface area contributed by atoms with Gasteiger partial charge in [0.05, 0.1) is 18.6 Å². The van der Waals surface area contributed by atoms with Gasteiger partial charge in [0.2, 0.25) is 0 Å². The molecule has 1 atom stereocenters. The van der Waals surface area contributed by atoms with Crippen LogP contribution < -0.4 is 5.32 Å². The molecule has 0 aliphatic rings. The minimum Gasteiger partial charge on any atom is -0.395 e. The average molecular weight is 211 g/mol. The van der Waals surface area contributed by atoms with Gasteiger partial charge in [-0.1, -0.05) is 13.8 Å². The second kappa shape index (κ2) is 5.88. The molecule has 0 bridgehead atoms. The maximum absolute atomic E-state index is 9.18. The molecule has 0 radical (unpaired) electrons. The number of aliphatic hydroxyl groups is 1. The van der Waals surface area contributed by atoms with E-state index in [4.69, 9.17) is 0 Å². The van der Waals surface area contributed by atoms with Gasteiger partial charge in [-0.15, -0.1) is 0 Å². The largest absolute Gasteiger partial charge is 0.395 e. The van der Waals surface area contributed by atoms with Gasteiger partial charge >= 0.3 is 0 Å². The summed E-state index contributed by atoms with van der Waals surface area (Å²) in [5.41, 5.74) is 2.11. The van der Waals surface area contributed by atoms with E-state index in [0.717, 1.165) is 17.8 Å². The Bertz CT molecular complexity index is 283. The van der Waals surface area contributed by atoms with Gasteiger partial charge in [-0.2, -0.15) is 0 Å². The molecule has 4 heteroatoms. The maximum Gasteiger partial charge on any atom is 0.0925 e. The lowest BCUT2D eigenvalue weighted by molar-refractivity contribution is 0.223. The van der Waals surface area contributed by atoms with Crippen molar-refractivity contribution >= 4 is 0 Å². The van der Waals surface area contributed by atoms with Crippen LogP contribution in [0.15, 0.2) is 6.33 Å². The number of imidazole rings is 1. The highest BCUT2D eigenvalue weighted by Gasteiger charge is 2.10. The first-order chi connectivity index (χ1) is 7.13.